The van der Waals surface area contributed by atoms with Gasteiger partial charge < -0.3 is 9.67 Å². The maximum absolute atomic E-state index is 11.3. The number of pyridine rings is 2. The fourth-order valence-corrected chi connectivity index (χ4v) is 8.98. The number of phenols is 1. The van der Waals surface area contributed by atoms with Gasteiger partial charge >= 0.3 is 0 Å². The normalized spacial score (nSPS) is 11.7. The first-order chi connectivity index (χ1) is 31.8. The summed E-state index contributed by atoms with van der Waals surface area (Å²) in [6, 6.07) is 63.9. The van der Waals surface area contributed by atoms with Crippen molar-refractivity contribution in [3.8, 4) is 78.6 Å². The predicted molar refractivity (Wildman–Crippen MR) is 273 cm³/mol. The number of nitrogens with zero attached hydrogens (tertiary/aromatic N) is 4. The van der Waals surface area contributed by atoms with E-state index in [1.807, 2.05) is 54.7 Å². The first-order valence-corrected chi connectivity index (χ1v) is 22.4. The number of hydrogen-bond acceptors (Lipinski definition) is 3. The zero-order valence-electron chi connectivity index (χ0n) is 38.4. The van der Waals surface area contributed by atoms with Gasteiger partial charge in [-0.05, 0) is 86.7 Å². The van der Waals surface area contributed by atoms with Crippen LogP contribution in [0.5, 0.6) is 5.75 Å². The molecule has 0 radical (unpaired) electrons. The predicted octanol–water partition coefficient (Wildman–Crippen LogP) is 16.2. The van der Waals surface area contributed by atoms with Crippen molar-refractivity contribution in [2.24, 2.45) is 0 Å². The molecule has 330 valence electrons. The molecule has 0 aliphatic rings. The molecule has 0 atom stereocenters. The Kier molecular flexibility index (Phi) is 11.9. The number of hydrogen-bond donors (Lipinski definition) is 1. The second kappa shape index (κ2) is 17.8. The molecule has 5 nitrogen and oxygen atoms in total. The molecule has 7 aromatic carbocycles. The van der Waals surface area contributed by atoms with Crippen LogP contribution < -0.4 is 0 Å². The van der Waals surface area contributed by atoms with Gasteiger partial charge in [0.1, 0.15) is 5.75 Å². The summed E-state index contributed by atoms with van der Waals surface area (Å²) in [4.78, 5) is 14.2. The molecule has 0 unspecified atom stereocenters. The van der Waals surface area contributed by atoms with E-state index in [2.05, 4.69) is 178 Å². The minimum atomic E-state index is -0.0924. The molecule has 3 heterocycles. The monoisotopic (exact) mass is 1050 g/mol. The van der Waals surface area contributed by atoms with E-state index in [0.717, 1.165) is 66.9 Å². The first kappa shape index (κ1) is 44.8. The van der Waals surface area contributed by atoms with E-state index in [4.69, 9.17) is 16.5 Å². The summed E-state index contributed by atoms with van der Waals surface area (Å²) in [6.45, 7) is 21.6. The minimum Gasteiger partial charge on any atom is -0.507 e. The van der Waals surface area contributed by atoms with E-state index in [1.165, 1.54) is 21.9 Å². The van der Waals surface area contributed by atoms with Gasteiger partial charge in [-0.15, -0.1) is 18.2 Å². The molecule has 0 bridgehead atoms. The molecule has 1 N–H and O–H groups in total. The van der Waals surface area contributed by atoms with Crippen molar-refractivity contribution in [3.05, 3.63) is 211 Å². The third kappa shape index (κ3) is 8.62. The number of benzene rings is 7. The van der Waals surface area contributed by atoms with Gasteiger partial charge in [0.25, 0.3) is 0 Å². The Labute approximate surface area is 407 Å². The number of phenolic OH excluding ortho intramolecular Hbond substituents is 1. The van der Waals surface area contributed by atoms with Crippen molar-refractivity contribution >= 4 is 27.5 Å². The molecule has 0 saturated heterocycles. The Morgan fingerprint density at radius 2 is 1.10 bits per heavy atom. The van der Waals surface area contributed by atoms with Gasteiger partial charge in [-0.2, -0.15) is 0 Å². The molecular weight excluding hydrogens is 1000 g/mol. The molecule has 0 aliphatic carbocycles. The van der Waals surface area contributed by atoms with Crippen LogP contribution in [0.1, 0.15) is 52.7 Å². The fourth-order valence-electron chi connectivity index (χ4n) is 8.98. The van der Waals surface area contributed by atoms with Crippen molar-refractivity contribution in [2.45, 2.75) is 52.4 Å². The summed E-state index contributed by atoms with van der Waals surface area (Å²) >= 11 is 0. The Morgan fingerprint density at radius 1 is 0.522 bits per heavy atom. The number of rotatable bonds is 7. The first-order valence-electron chi connectivity index (χ1n) is 22.4. The summed E-state index contributed by atoms with van der Waals surface area (Å²) in [5, 5.41) is 13.6. The average Bonchev–Trinajstić information content (AvgIpc) is 3.68. The number of para-hydroxylation sites is 5. The molecule has 3 aromatic heterocycles. The van der Waals surface area contributed by atoms with E-state index >= 15 is 0 Å². The molecule has 10 rings (SSSR count). The Balaban J connectivity index is 0.00000562. The van der Waals surface area contributed by atoms with Crippen molar-refractivity contribution in [1.29, 1.82) is 0 Å². The van der Waals surface area contributed by atoms with Crippen LogP contribution >= 0.6 is 0 Å². The third-order valence-electron chi connectivity index (χ3n) is 12.5. The van der Waals surface area contributed by atoms with Gasteiger partial charge in [0.2, 0.25) is 0 Å². The van der Waals surface area contributed by atoms with E-state index in [1.54, 1.807) is 6.07 Å². The molecule has 6 heteroatoms. The fraction of sp³-hybridized carbons (Fsp3) is 0.131. The van der Waals surface area contributed by atoms with Crippen LogP contribution in [0.4, 0.5) is 5.69 Å². The van der Waals surface area contributed by atoms with Crippen LogP contribution in [0, 0.1) is 12.6 Å². The van der Waals surface area contributed by atoms with Gasteiger partial charge in [0, 0.05) is 66.2 Å². The minimum absolute atomic E-state index is 0. The summed E-state index contributed by atoms with van der Waals surface area (Å²) in [7, 11) is 0. The van der Waals surface area contributed by atoms with Crippen LogP contribution in [0.3, 0.4) is 0 Å². The molecule has 0 aliphatic heterocycles. The number of aromatic nitrogens is 3. The maximum Gasteiger partial charge on any atom is 0.193 e. The Bertz CT molecular complexity index is 3500. The van der Waals surface area contributed by atoms with E-state index < -0.39 is 0 Å². The standard InChI is InChI=1S/C61H49N4O.Pt/c1-60(2,3)45-33-40(34-46(38-45)61(4,5)6)41-36-55(64-56(37-41)52-22-13-16-27-58(52)66)44-31-42(48-20-11-14-25-53(48)62-7)30-43(32-44)54-35-39(28-29-63-54)49-23-17-24-51-50-21-12-15-26-57(50)65(59(49)51)47-18-9-8-10-19-47;/h8-31,33-38,66H,1-6H3;/q-1;. The molecule has 0 amide bonds. The second-order valence-electron chi connectivity index (χ2n) is 19.1. The second-order valence-corrected chi connectivity index (χ2v) is 19.1. The van der Waals surface area contributed by atoms with Crippen LogP contribution in [0.25, 0.3) is 99.5 Å². The maximum atomic E-state index is 11.3. The molecular formula is C61H49N4OPt-. The summed E-state index contributed by atoms with van der Waals surface area (Å²) in [5.41, 5.74) is 16.2. The molecule has 0 saturated carbocycles. The average molecular weight is 1050 g/mol. The SMILES string of the molecule is [C-]#[N+]c1ccccc1-c1cc(-c2cc(-c3cccc4c5ccccc5n(-c5ccccc5)c34)ccn2)[c-]c(-c2cc(-c3cc(C(C)(C)C)cc(C(C)(C)C)c3)cc(-c3ccccc3O)n2)c1.[Pt]. The summed E-state index contributed by atoms with van der Waals surface area (Å²) in [6.07, 6.45) is 1.87. The van der Waals surface area contributed by atoms with E-state index in [9.17, 15) is 5.11 Å². The van der Waals surface area contributed by atoms with Crippen LogP contribution in [-0.4, -0.2) is 19.6 Å². The van der Waals surface area contributed by atoms with Gasteiger partial charge in [-0.25, -0.2) is 4.85 Å². The van der Waals surface area contributed by atoms with Crippen LogP contribution in [-0.2, 0) is 31.9 Å². The molecule has 0 fully saturated rings. The Hall–Kier alpha value is -7.38. The van der Waals surface area contributed by atoms with Gasteiger partial charge in [0.05, 0.1) is 23.3 Å². The van der Waals surface area contributed by atoms with Crippen molar-refractivity contribution in [2.75, 3.05) is 0 Å². The zero-order valence-corrected chi connectivity index (χ0v) is 40.6. The largest absolute Gasteiger partial charge is 0.507 e. The molecule has 67 heavy (non-hydrogen) atoms. The van der Waals surface area contributed by atoms with Crippen LogP contribution in [0.15, 0.2) is 182 Å². The van der Waals surface area contributed by atoms with Crippen molar-refractivity contribution < 1.29 is 26.2 Å². The summed E-state index contributed by atoms with van der Waals surface area (Å²) in [5.74, 6) is 0.152. The number of fused-ring (bicyclic) bond motifs is 3. The molecule has 0 spiro atoms. The van der Waals surface area contributed by atoms with Crippen molar-refractivity contribution in [3.63, 3.8) is 0 Å². The zero-order chi connectivity index (χ0) is 45.7. The van der Waals surface area contributed by atoms with Gasteiger partial charge in [-0.3, -0.25) is 9.97 Å². The van der Waals surface area contributed by atoms with Crippen LogP contribution in [0.2, 0.25) is 0 Å². The van der Waals surface area contributed by atoms with Crippen molar-refractivity contribution in [1.82, 2.24) is 14.5 Å². The topological polar surface area (TPSA) is 55.3 Å². The van der Waals surface area contributed by atoms with Gasteiger partial charge in [-0.1, -0.05) is 180 Å². The number of aromatic hydroxyl groups is 1. The quantitative estimate of drug-likeness (QED) is 0.162. The Morgan fingerprint density at radius 3 is 1.82 bits per heavy atom. The smallest absolute Gasteiger partial charge is 0.193 e. The van der Waals surface area contributed by atoms with E-state index in [-0.39, 0.29) is 37.6 Å². The summed E-state index contributed by atoms with van der Waals surface area (Å²) < 4.78 is 2.36. The third-order valence-corrected chi connectivity index (χ3v) is 12.5. The molecule has 10 aromatic rings. The van der Waals surface area contributed by atoms with Gasteiger partial charge in [0.15, 0.2) is 5.69 Å². The van der Waals surface area contributed by atoms with E-state index in [0.29, 0.717) is 22.6 Å².